The predicted molar refractivity (Wildman–Crippen MR) is 205 cm³/mol. The van der Waals surface area contributed by atoms with E-state index in [1.54, 1.807) is 0 Å². The molecule has 0 bridgehead atoms. The number of nitrogens with zero attached hydrogens (tertiary/aromatic N) is 4. The zero-order valence-corrected chi connectivity index (χ0v) is 32.5. The van der Waals surface area contributed by atoms with Crippen LogP contribution in [0.1, 0.15) is 136 Å². The van der Waals surface area contributed by atoms with E-state index < -0.39 is 18.3 Å². The van der Waals surface area contributed by atoms with Gasteiger partial charge in [0.15, 0.2) is 0 Å². The van der Waals surface area contributed by atoms with Gasteiger partial charge in [-0.3, -0.25) is 19.6 Å². The van der Waals surface area contributed by atoms with Gasteiger partial charge in [-0.25, -0.2) is 0 Å². The van der Waals surface area contributed by atoms with Crippen LogP contribution in [0.3, 0.4) is 0 Å². The Morgan fingerprint density at radius 1 is 0.306 bits per heavy atom. The van der Waals surface area contributed by atoms with Gasteiger partial charge in [0, 0.05) is 58.9 Å². The van der Waals surface area contributed by atoms with Crippen LogP contribution >= 0.6 is 0 Å². The van der Waals surface area contributed by atoms with Gasteiger partial charge in [0.2, 0.25) is 0 Å². The van der Waals surface area contributed by atoms with Crippen molar-refractivity contribution >= 4 is 0 Å². The first kappa shape index (κ1) is 48.6. The monoisotopic (exact) mass is 705 g/mol. The van der Waals surface area contributed by atoms with Crippen LogP contribution in [0.25, 0.3) is 0 Å². The van der Waals surface area contributed by atoms with Gasteiger partial charge in [-0.05, 0) is 38.9 Å². The number of unbranched alkanes of at least 4 members (excludes halogenated alkanes) is 15. The molecule has 3 atom stereocenters. The van der Waals surface area contributed by atoms with Crippen LogP contribution in [0.4, 0.5) is 0 Å². The minimum atomic E-state index is -0.695. The zero-order valence-electron chi connectivity index (χ0n) is 32.5. The summed E-state index contributed by atoms with van der Waals surface area (Å²) in [5, 5.41) is 62.8. The van der Waals surface area contributed by atoms with Gasteiger partial charge in [-0.15, -0.1) is 0 Å². The Kier molecular flexibility index (Phi) is 35.7. The lowest BCUT2D eigenvalue weighted by molar-refractivity contribution is 0.00664. The second-order valence-electron chi connectivity index (χ2n) is 14.6. The molecule has 3 unspecified atom stereocenters. The van der Waals surface area contributed by atoms with Crippen molar-refractivity contribution in [2.75, 3.05) is 98.4 Å². The van der Waals surface area contributed by atoms with Crippen LogP contribution in [0.15, 0.2) is 0 Å². The molecule has 0 radical (unpaired) electrons. The quantitative estimate of drug-likeness (QED) is 0.0514. The normalized spacial score (nSPS) is 14.1. The highest BCUT2D eigenvalue weighted by atomic mass is 16.3. The van der Waals surface area contributed by atoms with E-state index in [1.165, 1.54) is 77.0 Å². The molecule has 0 saturated heterocycles. The summed E-state index contributed by atoms with van der Waals surface area (Å²) >= 11 is 0. The maximum Gasteiger partial charge on any atom is 0.0793 e. The van der Waals surface area contributed by atoms with E-state index in [9.17, 15) is 30.6 Å². The Hall–Kier alpha value is -0.400. The maximum absolute atomic E-state index is 11.2. The third kappa shape index (κ3) is 30.9. The Morgan fingerprint density at radius 3 is 0.776 bits per heavy atom. The molecule has 296 valence electrons. The van der Waals surface area contributed by atoms with Crippen molar-refractivity contribution < 1.29 is 30.6 Å². The van der Waals surface area contributed by atoms with Gasteiger partial charge in [0.1, 0.15) is 0 Å². The van der Waals surface area contributed by atoms with E-state index >= 15 is 0 Å². The largest absolute Gasteiger partial charge is 0.395 e. The third-order valence-corrected chi connectivity index (χ3v) is 9.55. The zero-order chi connectivity index (χ0) is 36.4. The molecule has 0 aromatic heterocycles. The van der Waals surface area contributed by atoms with E-state index in [2.05, 4.69) is 35.5 Å². The van der Waals surface area contributed by atoms with Crippen LogP contribution < -0.4 is 0 Å². The van der Waals surface area contributed by atoms with E-state index in [-0.39, 0.29) is 19.8 Å². The lowest BCUT2D eigenvalue weighted by Gasteiger charge is -2.34. The first-order valence-corrected chi connectivity index (χ1v) is 20.6. The fourth-order valence-electron chi connectivity index (χ4n) is 6.84. The first-order chi connectivity index (χ1) is 23.8. The Balaban J connectivity index is 5.35. The molecule has 6 N–H and O–H groups in total. The first-order valence-electron chi connectivity index (χ1n) is 20.6. The molecule has 10 heteroatoms. The molecular formula is C39H84N4O6. The van der Waals surface area contributed by atoms with Crippen molar-refractivity contribution in [3.8, 4) is 0 Å². The van der Waals surface area contributed by atoms with Crippen molar-refractivity contribution in [1.82, 2.24) is 19.6 Å². The predicted octanol–water partition coefficient (Wildman–Crippen LogP) is 4.34. The van der Waals surface area contributed by atoms with E-state index in [0.29, 0.717) is 58.9 Å². The molecule has 49 heavy (non-hydrogen) atoms. The molecule has 0 aromatic rings. The minimum absolute atomic E-state index is 0.0439. The number of hydrogen-bond acceptors (Lipinski definition) is 10. The van der Waals surface area contributed by atoms with E-state index in [1.807, 2.05) is 4.90 Å². The highest BCUT2D eigenvalue weighted by Crippen LogP contribution is 2.11. The van der Waals surface area contributed by atoms with Crippen molar-refractivity contribution in [2.24, 2.45) is 0 Å². The van der Waals surface area contributed by atoms with Gasteiger partial charge in [0.05, 0.1) is 38.1 Å². The summed E-state index contributed by atoms with van der Waals surface area (Å²) in [4.78, 5) is 8.36. The van der Waals surface area contributed by atoms with Gasteiger partial charge >= 0.3 is 0 Å². The molecule has 0 fully saturated rings. The molecule has 0 heterocycles. The average Bonchev–Trinajstić information content (AvgIpc) is 3.05. The third-order valence-electron chi connectivity index (χ3n) is 9.55. The fraction of sp³-hybridized carbons (Fsp3) is 1.00. The summed E-state index contributed by atoms with van der Waals surface area (Å²) in [6.45, 7) is 13.0. The molecule has 0 aromatic carbocycles. The highest BCUT2D eigenvalue weighted by Gasteiger charge is 2.23. The van der Waals surface area contributed by atoms with Gasteiger partial charge in [-0.1, -0.05) is 117 Å². The SMILES string of the molecule is CCCCCCCCN(CCO)CC(O)CN(CC(O)CN(CCO)CCCCCCCC)CC(O)CN(CCO)CCCCCCCC. The van der Waals surface area contributed by atoms with Crippen LogP contribution in [0, 0.1) is 0 Å². The smallest absolute Gasteiger partial charge is 0.0793 e. The number of aliphatic hydroxyl groups is 6. The van der Waals surface area contributed by atoms with E-state index in [0.717, 1.165) is 58.2 Å². The Morgan fingerprint density at radius 2 is 0.531 bits per heavy atom. The summed E-state index contributed by atoms with van der Waals surface area (Å²) in [6, 6.07) is 0. The maximum atomic E-state index is 11.2. The lowest BCUT2D eigenvalue weighted by atomic mass is 10.1. The lowest BCUT2D eigenvalue weighted by Crippen LogP contribution is -2.49. The Bertz CT molecular complexity index is 581. The van der Waals surface area contributed by atoms with E-state index in [4.69, 9.17) is 0 Å². The van der Waals surface area contributed by atoms with Crippen molar-refractivity contribution in [3.05, 3.63) is 0 Å². The molecule has 0 aliphatic carbocycles. The Labute approximate surface area is 302 Å². The molecule has 0 spiro atoms. The second-order valence-corrected chi connectivity index (χ2v) is 14.6. The summed E-state index contributed by atoms with van der Waals surface area (Å²) < 4.78 is 0. The standard InChI is InChI=1S/C39H84N4O6/c1-4-7-10-13-16-19-22-40(25-28-44)31-37(47)34-43(35-38(48)32-41(26-29-45)23-20-17-14-11-8-5-2)36-39(49)33-42(27-30-46)24-21-18-15-12-9-6-3/h37-39,44-49H,4-36H2,1-3H3. The van der Waals surface area contributed by atoms with Gasteiger partial charge in [-0.2, -0.15) is 0 Å². The number of rotatable bonds is 39. The second kappa shape index (κ2) is 36.0. The molecule has 0 aliphatic heterocycles. The molecule has 10 nitrogen and oxygen atoms in total. The summed E-state index contributed by atoms with van der Waals surface area (Å²) in [7, 11) is 0. The topological polar surface area (TPSA) is 134 Å². The van der Waals surface area contributed by atoms with Crippen LogP contribution in [0.2, 0.25) is 0 Å². The fourth-order valence-corrected chi connectivity index (χ4v) is 6.84. The summed E-state index contributed by atoms with van der Waals surface area (Å²) in [6.07, 6.45) is 19.3. The number of hydrogen-bond donors (Lipinski definition) is 6. The van der Waals surface area contributed by atoms with Crippen molar-refractivity contribution in [3.63, 3.8) is 0 Å². The van der Waals surface area contributed by atoms with Crippen LogP contribution in [-0.2, 0) is 0 Å². The number of aliphatic hydroxyl groups excluding tert-OH is 6. The van der Waals surface area contributed by atoms with Gasteiger partial charge < -0.3 is 30.6 Å². The molecule has 0 saturated carbocycles. The molecule has 0 amide bonds. The highest BCUT2D eigenvalue weighted by molar-refractivity contribution is 4.78. The van der Waals surface area contributed by atoms with Crippen molar-refractivity contribution in [1.29, 1.82) is 0 Å². The molecule has 0 rings (SSSR count). The summed E-state index contributed by atoms with van der Waals surface area (Å²) in [5.41, 5.74) is 0. The average molecular weight is 705 g/mol. The van der Waals surface area contributed by atoms with Gasteiger partial charge in [0.25, 0.3) is 0 Å². The van der Waals surface area contributed by atoms with Crippen LogP contribution in [-0.4, -0.2) is 167 Å². The summed E-state index contributed by atoms with van der Waals surface area (Å²) in [5.74, 6) is 0. The molecule has 0 aliphatic rings. The molecular weight excluding hydrogens is 620 g/mol. The van der Waals surface area contributed by atoms with Crippen molar-refractivity contribution in [2.45, 2.75) is 155 Å². The van der Waals surface area contributed by atoms with Crippen LogP contribution in [0.5, 0.6) is 0 Å². The minimum Gasteiger partial charge on any atom is -0.395 e.